The topological polar surface area (TPSA) is 71.5 Å². The highest BCUT2D eigenvalue weighted by molar-refractivity contribution is 5.92. The van der Waals surface area contributed by atoms with Crippen molar-refractivity contribution in [2.24, 2.45) is 0 Å². The average molecular weight is 273 g/mol. The van der Waals surface area contributed by atoms with E-state index in [0.717, 1.165) is 11.5 Å². The van der Waals surface area contributed by atoms with Crippen LogP contribution in [0.25, 0.3) is 0 Å². The maximum atomic E-state index is 11.9. The largest absolute Gasteiger partial charge is 0.465 e. The zero-order valence-corrected chi connectivity index (χ0v) is 11.7. The first-order chi connectivity index (χ1) is 9.52. The molecule has 2 aromatic rings. The molecule has 1 aromatic heterocycles. The molecule has 0 spiro atoms. The van der Waals surface area contributed by atoms with Crippen molar-refractivity contribution in [3.63, 3.8) is 0 Å². The van der Waals surface area contributed by atoms with E-state index in [2.05, 4.69) is 5.32 Å². The molecule has 0 bridgehead atoms. The predicted octanol–water partition coefficient (Wildman–Crippen LogP) is 2.24. The molecule has 1 aromatic carbocycles. The van der Waals surface area contributed by atoms with E-state index in [9.17, 15) is 4.79 Å². The lowest BCUT2D eigenvalue weighted by Gasteiger charge is -2.15. The number of amides is 1. The summed E-state index contributed by atoms with van der Waals surface area (Å²) in [6.07, 6.45) is 0. The number of aryl methyl sites for hydroxylation is 1. The maximum Gasteiger partial charge on any atom is 0.238 e. The molecule has 1 amide bonds. The Labute approximate surface area is 118 Å². The van der Waals surface area contributed by atoms with Crippen LogP contribution in [0.5, 0.6) is 0 Å². The van der Waals surface area contributed by atoms with Crippen molar-refractivity contribution in [1.29, 1.82) is 0 Å². The molecule has 5 nitrogen and oxygen atoms in total. The van der Waals surface area contributed by atoms with Gasteiger partial charge in [0.25, 0.3) is 0 Å². The molecule has 0 aliphatic rings. The third-order valence-corrected chi connectivity index (χ3v) is 2.81. The van der Waals surface area contributed by atoms with E-state index in [-0.39, 0.29) is 12.5 Å². The summed E-state index contributed by atoms with van der Waals surface area (Å²) in [6, 6.07) is 11.0. The number of nitrogens with one attached hydrogen (secondary N) is 1. The van der Waals surface area contributed by atoms with Crippen LogP contribution in [0, 0.1) is 6.92 Å². The minimum atomic E-state index is -0.0821. The molecule has 0 aliphatic heterocycles. The molecule has 1 heterocycles. The second-order valence-electron chi connectivity index (χ2n) is 4.86. The molecule has 0 fully saturated rings. The summed E-state index contributed by atoms with van der Waals surface area (Å²) in [5, 5.41) is 2.81. The first kappa shape index (κ1) is 14.1. The minimum Gasteiger partial charge on any atom is -0.465 e. The first-order valence-corrected chi connectivity index (χ1v) is 6.42. The van der Waals surface area contributed by atoms with Crippen molar-refractivity contribution in [1.82, 2.24) is 4.90 Å². The van der Waals surface area contributed by atoms with Crippen molar-refractivity contribution in [2.45, 2.75) is 13.5 Å². The molecule has 0 radical (unpaired) electrons. The Morgan fingerprint density at radius 3 is 2.80 bits per heavy atom. The first-order valence-electron chi connectivity index (χ1n) is 6.42. The zero-order valence-electron chi connectivity index (χ0n) is 11.7. The van der Waals surface area contributed by atoms with E-state index in [0.29, 0.717) is 17.9 Å². The van der Waals surface area contributed by atoms with Crippen LogP contribution in [0.2, 0.25) is 0 Å². The second kappa shape index (κ2) is 6.25. The molecule has 0 saturated carbocycles. The lowest BCUT2D eigenvalue weighted by atomic mass is 10.3. The van der Waals surface area contributed by atoms with E-state index in [1.165, 1.54) is 0 Å². The number of rotatable bonds is 5. The molecular formula is C15H19N3O2. The van der Waals surface area contributed by atoms with Crippen LogP contribution in [0.4, 0.5) is 11.4 Å². The van der Waals surface area contributed by atoms with E-state index in [1.54, 1.807) is 18.2 Å². The van der Waals surface area contributed by atoms with Crippen LogP contribution in [0.3, 0.4) is 0 Å². The van der Waals surface area contributed by atoms with E-state index >= 15 is 0 Å². The van der Waals surface area contributed by atoms with Gasteiger partial charge >= 0.3 is 0 Å². The fourth-order valence-electron chi connectivity index (χ4n) is 1.95. The fourth-order valence-corrected chi connectivity index (χ4v) is 1.95. The van der Waals surface area contributed by atoms with Gasteiger partial charge in [0.05, 0.1) is 13.1 Å². The minimum absolute atomic E-state index is 0.0821. The molecule has 0 aliphatic carbocycles. The van der Waals surface area contributed by atoms with Crippen LogP contribution in [0.1, 0.15) is 11.5 Å². The van der Waals surface area contributed by atoms with Gasteiger partial charge in [0, 0.05) is 11.4 Å². The van der Waals surface area contributed by atoms with Crippen LogP contribution < -0.4 is 11.1 Å². The van der Waals surface area contributed by atoms with Crippen LogP contribution in [-0.4, -0.2) is 24.4 Å². The van der Waals surface area contributed by atoms with Crippen molar-refractivity contribution < 1.29 is 9.21 Å². The maximum absolute atomic E-state index is 11.9. The summed E-state index contributed by atoms with van der Waals surface area (Å²) in [6.45, 7) is 2.78. The Kier molecular flexibility index (Phi) is 4.42. The number of nitrogens with zero attached hydrogens (tertiary/aromatic N) is 1. The van der Waals surface area contributed by atoms with Gasteiger partial charge < -0.3 is 15.5 Å². The zero-order chi connectivity index (χ0) is 14.5. The summed E-state index contributed by atoms with van der Waals surface area (Å²) in [7, 11) is 1.87. The number of hydrogen-bond acceptors (Lipinski definition) is 4. The Morgan fingerprint density at radius 1 is 1.35 bits per heavy atom. The fraction of sp³-hybridized carbons (Fsp3) is 0.267. The number of hydrogen-bond donors (Lipinski definition) is 2. The number of nitrogens with two attached hydrogens (primary N) is 1. The average Bonchev–Trinajstić information content (AvgIpc) is 2.74. The highest BCUT2D eigenvalue weighted by atomic mass is 16.3. The van der Waals surface area contributed by atoms with Crippen LogP contribution in [-0.2, 0) is 11.3 Å². The normalized spacial score (nSPS) is 10.8. The van der Waals surface area contributed by atoms with Gasteiger partial charge in [-0.15, -0.1) is 0 Å². The monoisotopic (exact) mass is 273 g/mol. The molecule has 106 valence electrons. The van der Waals surface area contributed by atoms with Crippen molar-refractivity contribution in [2.75, 3.05) is 24.6 Å². The number of carbonyl (C=O) groups excluding carboxylic acids is 1. The summed E-state index contributed by atoms with van der Waals surface area (Å²) in [4.78, 5) is 13.8. The summed E-state index contributed by atoms with van der Waals surface area (Å²) in [5.74, 6) is 1.64. The molecule has 2 rings (SSSR count). The predicted molar refractivity (Wildman–Crippen MR) is 79.3 cm³/mol. The third-order valence-electron chi connectivity index (χ3n) is 2.81. The lowest BCUT2D eigenvalue weighted by molar-refractivity contribution is -0.117. The summed E-state index contributed by atoms with van der Waals surface area (Å²) < 4.78 is 5.48. The lowest BCUT2D eigenvalue weighted by Crippen LogP contribution is -2.29. The van der Waals surface area contributed by atoms with Gasteiger partial charge in [0.1, 0.15) is 11.5 Å². The Hall–Kier alpha value is -2.27. The highest BCUT2D eigenvalue weighted by Gasteiger charge is 2.09. The van der Waals surface area contributed by atoms with E-state index in [1.807, 2.05) is 37.1 Å². The van der Waals surface area contributed by atoms with Gasteiger partial charge in [-0.3, -0.25) is 9.69 Å². The van der Waals surface area contributed by atoms with Gasteiger partial charge in [-0.25, -0.2) is 0 Å². The molecular weight excluding hydrogens is 254 g/mol. The third kappa shape index (κ3) is 4.13. The van der Waals surface area contributed by atoms with Gasteiger partial charge in [0.2, 0.25) is 5.91 Å². The van der Waals surface area contributed by atoms with E-state index < -0.39 is 0 Å². The number of nitrogen functional groups attached to an aromatic ring is 1. The molecule has 0 atom stereocenters. The Bertz CT molecular complexity index is 592. The van der Waals surface area contributed by atoms with Crippen molar-refractivity contribution in [3.8, 4) is 0 Å². The molecule has 0 saturated heterocycles. The number of benzene rings is 1. The van der Waals surface area contributed by atoms with Crippen molar-refractivity contribution >= 4 is 17.3 Å². The highest BCUT2D eigenvalue weighted by Crippen LogP contribution is 2.12. The van der Waals surface area contributed by atoms with Gasteiger partial charge in [0.15, 0.2) is 0 Å². The van der Waals surface area contributed by atoms with Crippen molar-refractivity contribution in [3.05, 3.63) is 47.9 Å². The van der Waals surface area contributed by atoms with Gasteiger partial charge in [-0.1, -0.05) is 6.07 Å². The SMILES string of the molecule is Cc1ccc(CN(C)CC(=O)Nc2cccc(N)c2)o1. The molecule has 5 heteroatoms. The molecule has 3 N–H and O–H groups in total. The standard InChI is InChI=1S/C15H19N3O2/c1-11-6-7-14(20-11)9-18(2)10-15(19)17-13-5-3-4-12(16)8-13/h3-8H,9-10,16H2,1-2H3,(H,17,19). The van der Waals surface area contributed by atoms with Crippen LogP contribution in [0.15, 0.2) is 40.8 Å². The van der Waals surface area contributed by atoms with Gasteiger partial charge in [-0.05, 0) is 44.3 Å². The summed E-state index contributed by atoms with van der Waals surface area (Å²) >= 11 is 0. The smallest absolute Gasteiger partial charge is 0.238 e. The number of furan rings is 1. The summed E-state index contributed by atoms with van der Waals surface area (Å²) in [5.41, 5.74) is 7.00. The number of likely N-dealkylation sites (N-methyl/N-ethyl adjacent to an activating group) is 1. The molecule has 0 unspecified atom stereocenters. The second-order valence-corrected chi connectivity index (χ2v) is 4.86. The van der Waals surface area contributed by atoms with E-state index in [4.69, 9.17) is 10.2 Å². The quantitative estimate of drug-likeness (QED) is 0.820. The van der Waals surface area contributed by atoms with Gasteiger partial charge in [-0.2, -0.15) is 0 Å². The Morgan fingerprint density at radius 2 is 2.15 bits per heavy atom. The van der Waals surface area contributed by atoms with Crippen LogP contribution >= 0.6 is 0 Å². The number of carbonyl (C=O) groups is 1. The Balaban J connectivity index is 1.84. The molecule has 20 heavy (non-hydrogen) atoms. The number of anilines is 2.